The number of rotatable bonds is 4. The molecule has 0 aliphatic carbocycles. The van der Waals surface area contributed by atoms with Crippen LogP contribution >= 0.6 is 23.5 Å². The second kappa shape index (κ2) is 5.32. The van der Waals surface area contributed by atoms with Gasteiger partial charge in [0.05, 0.1) is 0 Å². The minimum absolute atomic E-state index is 0. The predicted molar refractivity (Wildman–Crippen MR) is 41.8 cm³/mol. The number of hydrogen-bond acceptors (Lipinski definition) is 6. The van der Waals surface area contributed by atoms with E-state index < -0.39 is 23.5 Å². The molecule has 0 bridgehead atoms. The fourth-order valence-electron chi connectivity index (χ4n) is 0.280. The third-order valence-electron chi connectivity index (χ3n) is 0.416. The van der Waals surface area contributed by atoms with Gasteiger partial charge in [-0.1, -0.05) is 0 Å². The first kappa shape index (κ1) is 17.3. The zero-order valence-corrected chi connectivity index (χ0v) is 10.00. The van der Waals surface area contributed by atoms with Crippen LogP contribution in [0, 0.1) is 0 Å². The summed E-state index contributed by atoms with van der Waals surface area (Å²) in [7, 11) is -16.5. The molecule has 0 radical (unpaired) electrons. The summed E-state index contributed by atoms with van der Waals surface area (Å²) in [6.45, 7) is 0. The van der Waals surface area contributed by atoms with Crippen molar-refractivity contribution in [1.29, 1.82) is 0 Å². The molecule has 0 fully saturated rings. The Morgan fingerprint density at radius 3 is 1.57 bits per heavy atom. The molecule has 0 aromatic rings. The smallest absolute Gasteiger partial charge is 1.00 e. The summed E-state index contributed by atoms with van der Waals surface area (Å²) in [6.07, 6.45) is 0. The molecule has 4 N–H and O–H groups in total. The van der Waals surface area contributed by atoms with E-state index in [0.717, 1.165) is 0 Å². The van der Waals surface area contributed by atoms with Crippen molar-refractivity contribution in [2.75, 3.05) is 0 Å². The van der Waals surface area contributed by atoms with Gasteiger partial charge in [0.1, 0.15) is 0 Å². The van der Waals surface area contributed by atoms with E-state index in [1.165, 1.54) is 0 Å². The minimum Gasteiger partial charge on any atom is -1.00 e. The first-order chi connectivity index (χ1) is 5.41. The summed E-state index contributed by atoms with van der Waals surface area (Å²) >= 11 is 0. The number of hydrogen-bond donors (Lipinski definition) is 4. The maximum absolute atomic E-state index is 10.3. The standard InChI is InChI=1S/Al.H5O10P3.2H/c;1-11(2,3)9-13(7,8)10-12(4,5)6;;/h;(H,7,8)(H2,1,2,3)(H2,4,5,6);;/q+3;;2*-1/p-1. The Bertz CT molecular complexity index is 286. The molecule has 0 saturated carbocycles. The Balaban J connectivity index is -0.000000240. The molecule has 0 aromatic heterocycles. The van der Waals surface area contributed by atoms with Crippen molar-refractivity contribution in [3.63, 3.8) is 0 Å². The van der Waals surface area contributed by atoms with Crippen molar-refractivity contribution in [2.24, 2.45) is 0 Å². The molecule has 0 aromatic carbocycles. The van der Waals surface area contributed by atoms with Gasteiger partial charge in [0.2, 0.25) is 0 Å². The van der Waals surface area contributed by atoms with Crippen LogP contribution in [0.5, 0.6) is 0 Å². The van der Waals surface area contributed by atoms with Crippen LogP contribution in [0.3, 0.4) is 0 Å². The van der Waals surface area contributed by atoms with E-state index in [1.807, 2.05) is 0 Å². The van der Waals surface area contributed by atoms with E-state index in [1.54, 1.807) is 0 Å². The van der Waals surface area contributed by atoms with Gasteiger partial charge in [-0.15, -0.1) is 0 Å². The van der Waals surface area contributed by atoms with Crippen molar-refractivity contribution >= 4 is 40.8 Å². The van der Waals surface area contributed by atoms with Gasteiger partial charge in [0.25, 0.3) is 7.82 Å². The van der Waals surface area contributed by atoms with Crippen molar-refractivity contribution < 1.29 is 49.6 Å². The molecule has 14 heavy (non-hydrogen) atoms. The van der Waals surface area contributed by atoms with Crippen molar-refractivity contribution in [3.8, 4) is 0 Å². The third kappa shape index (κ3) is 11.0. The molecule has 10 nitrogen and oxygen atoms in total. The fraction of sp³-hybridized carbons (Fsp3) is 0. The SMILES string of the molecule is O=P([O-])(O)OP(=O)(O)OP(=O)(O)O.[Al+3].[H-].[H-]. The Kier molecular flexibility index (Phi) is 6.60. The van der Waals surface area contributed by atoms with Gasteiger partial charge >= 0.3 is 33.0 Å². The van der Waals surface area contributed by atoms with Crippen molar-refractivity contribution in [3.05, 3.63) is 0 Å². The molecule has 2 atom stereocenters. The van der Waals surface area contributed by atoms with Gasteiger partial charge in [-0.05, 0) is 0 Å². The van der Waals surface area contributed by atoms with Gasteiger partial charge in [-0.3, -0.25) is 4.57 Å². The van der Waals surface area contributed by atoms with E-state index in [4.69, 9.17) is 19.6 Å². The van der Waals surface area contributed by atoms with Gasteiger partial charge in [0.15, 0.2) is 0 Å². The molecule has 0 spiro atoms. The molecule has 14 heteroatoms. The summed E-state index contributed by atoms with van der Waals surface area (Å²) in [5.41, 5.74) is 0. The molecule has 0 saturated heterocycles. The van der Waals surface area contributed by atoms with Gasteiger partial charge < -0.3 is 27.3 Å². The number of phosphoric acid groups is 3. The zero-order chi connectivity index (χ0) is 10.9. The van der Waals surface area contributed by atoms with Crippen LogP contribution in [0.4, 0.5) is 0 Å². The van der Waals surface area contributed by atoms with Crippen LogP contribution in [0.25, 0.3) is 0 Å². The Morgan fingerprint density at radius 2 is 1.36 bits per heavy atom. The average Bonchev–Trinajstić information content (AvgIpc) is 1.43. The molecular weight excluding hydrogens is 280 g/mol. The third-order valence-corrected chi connectivity index (χ3v) is 3.74. The van der Waals surface area contributed by atoms with Gasteiger partial charge in [-0.25, -0.2) is 13.4 Å². The van der Waals surface area contributed by atoms with Crippen molar-refractivity contribution in [1.82, 2.24) is 0 Å². The second-order valence-corrected chi connectivity index (χ2v) is 5.75. The molecule has 0 aliphatic rings. The van der Waals surface area contributed by atoms with Crippen LogP contribution in [-0.4, -0.2) is 36.9 Å². The minimum atomic E-state index is -5.60. The molecular formula is H6AlO10P3. The van der Waals surface area contributed by atoms with E-state index in [2.05, 4.69) is 8.62 Å². The van der Waals surface area contributed by atoms with E-state index in [0.29, 0.717) is 0 Å². The van der Waals surface area contributed by atoms with Gasteiger partial charge in [0, 0.05) is 0 Å². The monoisotopic (exact) mass is 286 g/mol. The molecule has 84 valence electrons. The summed E-state index contributed by atoms with van der Waals surface area (Å²) in [5, 5.41) is 0. The van der Waals surface area contributed by atoms with Gasteiger partial charge in [-0.2, -0.15) is 4.31 Å². The molecule has 2 unspecified atom stereocenters. The van der Waals surface area contributed by atoms with Crippen molar-refractivity contribution in [2.45, 2.75) is 0 Å². The Hall–Kier alpha value is 0.942. The fourth-order valence-corrected chi connectivity index (χ4v) is 2.79. The molecule has 0 rings (SSSR count). The maximum Gasteiger partial charge on any atom is 3.00 e. The topological polar surface area (TPSA) is 174 Å². The summed E-state index contributed by atoms with van der Waals surface area (Å²) in [4.78, 5) is 41.9. The quantitative estimate of drug-likeness (QED) is 0.352. The normalized spacial score (nSPS) is 20.4. The zero-order valence-electron chi connectivity index (χ0n) is 8.16. The van der Waals surface area contributed by atoms with Crippen LogP contribution < -0.4 is 4.89 Å². The largest absolute Gasteiger partial charge is 3.00 e. The van der Waals surface area contributed by atoms with E-state index >= 15 is 0 Å². The summed E-state index contributed by atoms with van der Waals surface area (Å²) in [5.74, 6) is 0. The van der Waals surface area contributed by atoms with Crippen LogP contribution in [0.2, 0.25) is 0 Å². The molecule has 0 aliphatic heterocycles. The van der Waals surface area contributed by atoms with Crippen LogP contribution in [0.15, 0.2) is 0 Å². The van der Waals surface area contributed by atoms with Crippen LogP contribution in [0.1, 0.15) is 2.85 Å². The summed E-state index contributed by atoms with van der Waals surface area (Å²) in [6, 6.07) is 0. The Morgan fingerprint density at radius 1 is 1.00 bits per heavy atom. The Labute approximate surface area is 91.1 Å². The first-order valence-corrected chi connectivity index (χ1v) is 6.78. The molecule has 0 amide bonds. The maximum atomic E-state index is 10.3. The molecule has 0 heterocycles. The second-order valence-electron chi connectivity index (χ2n) is 1.59. The average molecular weight is 286 g/mol. The van der Waals surface area contributed by atoms with Crippen LogP contribution in [-0.2, 0) is 22.3 Å². The van der Waals surface area contributed by atoms with E-state index in [9.17, 15) is 18.6 Å². The first-order valence-electron chi connectivity index (χ1n) is 2.26. The summed E-state index contributed by atoms with van der Waals surface area (Å²) < 4.78 is 36.1. The van der Waals surface area contributed by atoms with E-state index in [-0.39, 0.29) is 20.2 Å². The predicted octanol–water partition coefficient (Wildman–Crippen LogP) is -1.48.